The Morgan fingerprint density at radius 3 is 2.60 bits per heavy atom. The molecule has 1 saturated heterocycles. The van der Waals surface area contributed by atoms with E-state index in [1.165, 1.54) is 5.56 Å². The van der Waals surface area contributed by atoms with Crippen LogP contribution < -0.4 is 10.6 Å². The van der Waals surface area contributed by atoms with Crippen molar-refractivity contribution >= 4 is 12.0 Å². The van der Waals surface area contributed by atoms with Crippen LogP contribution in [0.3, 0.4) is 0 Å². The Labute approximate surface area is 148 Å². The first-order chi connectivity index (χ1) is 12.2. The second kappa shape index (κ2) is 10.7. The van der Waals surface area contributed by atoms with Crippen molar-refractivity contribution in [3.63, 3.8) is 0 Å². The largest absolute Gasteiger partial charge is 0.450 e. The number of nitrogens with zero attached hydrogens (tertiary/aromatic N) is 1. The van der Waals surface area contributed by atoms with E-state index in [2.05, 4.69) is 21.6 Å². The maximum Gasteiger partial charge on any atom is 0.407 e. The number of morpholine rings is 1. The molecule has 0 spiro atoms. The summed E-state index contributed by atoms with van der Waals surface area (Å²) in [5.74, 6) is -0.0991. The van der Waals surface area contributed by atoms with Gasteiger partial charge < -0.3 is 20.1 Å². The van der Waals surface area contributed by atoms with E-state index in [9.17, 15) is 9.59 Å². The zero-order chi connectivity index (χ0) is 17.9. The molecule has 2 rings (SSSR count). The number of carbonyl (C=O) groups excluding carboxylic acids is 2. The molecule has 7 heteroatoms. The summed E-state index contributed by atoms with van der Waals surface area (Å²) in [7, 11) is 0. The van der Waals surface area contributed by atoms with Gasteiger partial charge in [-0.25, -0.2) is 4.79 Å². The van der Waals surface area contributed by atoms with Crippen molar-refractivity contribution in [3.8, 4) is 0 Å². The molecule has 0 radical (unpaired) electrons. The zero-order valence-electron chi connectivity index (χ0n) is 14.8. The predicted molar refractivity (Wildman–Crippen MR) is 94.0 cm³/mol. The highest BCUT2D eigenvalue weighted by atomic mass is 16.5. The van der Waals surface area contributed by atoms with Gasteiger partial charge in [0.2, 0.25) is 5.91 Å². The van der Waals surface area contributed by atoms with Crippen molar-refractivity contribution in [1.82, 2.24) is 15.5 Å². The molecule has 25 heavy (non-hydrogen) atoms. The van der Waals surface area contributed by atoms with Crippen LogP contribution in [0, 0.1) is 0 Å². The van der Waals surface area contributed by atoms with E-state index in [0.717, 1.165) is 38.4 Å². The van der Waals surface area contributed by atoms with E-state index >= 15 is 0 Å². The fourth-order valence-corrected chi connectivity index (χ4v) is 2.63. The average Bonchev–Trinajstić information content (AvgIpc) is 2.62. The van der Waals surface area contributed by atoms with Crippen molar-refractivity contribution in [2.24, 2.45) is 0 Å². The molecule has 1 aromatic carbocycles. The minimum Gasteiger partial charge on any atom is -0.450 e. The maximum absolute atomic E-state index is 11.9. The third kappa shape index (κ3) is 7.11. The number of carbonyl (C=O) groups is 2. The summed E-state index contributed by atoms with van der Waals surface area (Å²) in [5, 5.41) is 5.45. The van der Waals surface area contributed by atoms with Gasteiger partial charge in [-0.3, -0.25) is 9.69 Å². The highest BCUT2D eigenvalue weighted by Gasteiger charge is 2.13. The molecule has 138 valence electrons. The first kappa shape index (κ1) is 19.2. The Bertz CT molecular complexity index is 559. The van der Waals surface area contributed by atoms with Gasteiger partial charge in [0.1, 0.15) is 0 Å². The summed E-state index contributed by atoms with van der Waals surface area (Å²) in [6, 6.07) is 8.13. The van der Waals surface area contributed by atoms with Crippen LogP contribution in [0.2, 0.25) is 0 Å². The van der Waals surface area contributed by atoms with Crippen LogP contribution in [-0.4, -0.2) is 56.4 Å². The van der Waals surface area contributed by atoms with Crippen LogP contribution >= 0.6 is 0 Å². The number of nitrogens with one attached hydrogen (secondary N) is 2. The number of rotatable bonds is 8. The zero-order valence-corrected chi connectivity index (χ0v) is 14.8. The van der Waals surface area contributed by atoms with Gasteiger partial charge in [-0.2, -0.15) is 0 Å². The molecule has 2 N–H and O–H groups in total. The number of alkyl carbamates (subject to hydrolysis) is 1. The highest BCUT2D eigenvalue weighted by Crippen LogP contribution is 2.13. The van der Waals surface area contributed by atoms with Gasteiger partial charge >= 0.3 is 6.09 Å². The van der Waals surface area contributed by atoms with Crippen molar-refractivity contribution < 1.29 is 19.1 Å². The fraction of sp³-hybridized carbons (Fsp3) is 0.556. The molecule has 0 aromatic heterocycles. The summed E-state index contributed by atoms with van der Waals surface area (Å²) in [6.07, 6.45) is -0.268. The van der Waals surface area contributed by atoms with Crippen molar-refractivity contribution in [1.29, 1.82) is 0 Å². The molecule has 0 aliphatic carbocycles. The SMILES string of the molecule is CCOC(=O)NCCC(=O)NCc1ccccc1CN1CCOCC1. The third-order valence-electron chi connectivity index (χ3n) is 3.99. The van der Waals surface area contributed by atoms with E-state index in [0.29, 0.717) is 13.2 Å². The molecule has 1 aliphatic heterocycles. The molecule has 0 atom stereocenters. The van der Waals surface area contributed by atoms with E-state index in [1.54, 1.807) is 6.92 Å². The summed E-state index contributed by atoms with van der Waals surface area (Å²) in [5.41, 5.74) is 2.33. The first-order valence-electron chi connectivity index (χ1n) is 8.73. The molecule has 1 aliphatic rings. The van der Waals surface area contributed by atoms with Gasteiger partial charge in [0.05, 0.1) is 19.8 Å². The molecule has 0 saturated carbocycles. The van der Waals surface area contributed by atoms with Gasteiger partial charge in [-0.1, -0.05) is 24.3 Å². The average molecular weight is 349 g/mol. The molecule has 1 heterocycles. The quantitative estimate of drug-likeness (QED) is 0.739. The lowest BCUT2D eigenvalue weighted by Gasteiger charge is -2.27. The molecular weight excluding hydrogens is 322 g/mol. The predicted octanol–water partition coefficient (Wildman–Crippen LogP) is 1.27. The molecule has 2 amide bonds. The van der Waals surface area contributed by atoms with Crippen molar-refractivity contribution in [2.45, 2.75) is 26.4 Å². The number of hydrogen-bond acceptors (Lipinski definition) is 5. The number of hydrogen-bond donors (Lipinski definition) is 2. The van der Waals surface area contributed by atoms with Crippen LogP contribution in [-0.2, 0) is 27.4 Å². The Balaban J connectivity index is 1.76. The maximum atomic E-state index is 11.9. The van der Waals surface area contributed by atoms with Crippen LogP contribution in [0.5, 0.6) is 0 Å². The second-order valence-corrected chi connectivity index (χ2v) is 5.83. The normalized spacial score (nSPS) is 14.8. The second-order valence-electron chi connectivity index (χ2n) is 5.83. The van der Waals surface area contributed by atoms with E-state index in [4.69, 9.17) is 9.47 Å². The molecule has 7 nitrogen and oxygen atoms in total. The molecule has 1 aromatic rings. The van der Waals surface area contributed by atoms with Crippen LogP contribution in [0.1, 0.15) is 24.5 Å². The van der Waals surface area contributed by atoms with E-state index < -0.39 is 6.09 Å². The molecule has 0 bridgehead atoms. The van der Waals surface area contributed by atoms with Gasteiger partial charge in [0, 0.05) is 39.1 Å². The van der Waals surface area contributed by atoms with Crippen LogP contribution in [0.25, 0.3) is 0 Å². The van der Waals surface area contributed by atoms with Gasteiger partial charge in [-0.05, 0) is 18.1 Å². The summed E-state index contributed by atoms with van der Waals surface area (Å²) < 4.78 is 10.1. The fourth-order valence-electron chi connectivity index (χ4n) is 2.63. The monoisotopic (exact) mass is 349 g/mol. The van der Waals surface area contributed by atoms with Gasteiger partial charge in [0.15, 0.2) is 0 Å². The Morgan fingerprint density at radius 1 is 1.16 bits per heavy atom. The van der Waals surface area contributed by atoms with E-state index in [1.807, 2.05) is 18.2 Å². The molecule has 0 unspecified atom stereocenters. The summed E-state index contributed by atoms with van der Waals surface area (Å²) in [6.45, 7) is 7.07. The van der Waals surface area contributed by atoms with Crippen LogP contribution in [0.4, 0.5) is 4.79 Å². The summed E-state index contributed by atoms with van der Waals surface area (Å²) >= 11 is 0. The minimum atomic E-state index is -0.494. The lowest BCUT2D eigenvalue weighted by atomic mass is 10.1. The third-order valence-corrected chi connectivity index (χ3v) is 3.99. The van der Waals surface area contributed by atoms with Crippen molar-refractivity contribution in [3.05, 3.63) is 35.4 Å². The smallest absolute Gasteiger partial charge is 0.407 e. The van der Waals surface area contributed by atoms with Gasteiger partial charge in [0.25, 0.3) is 0 Å². The standard InChI is InChI=1S/C18H27N3O4/c1-2-25-18(23)19-8-7-17(22)20-13-15-5-3-4-6-16(15)14-21-9-11-24-12-10-21/h3-6H,2,7-14H2,1H3,(H,19,23)(H,20,22). The van der Waals surface area contributed by atoms with Crippen LogP contribution in [0.15, 0.2) is 24.3 Å². The topological polar surface area (TPSA) is 79.9 Å². The number of ether oxygens (including phenoxy) is 2. The first-order valence-corrected chi connectivity index (χ1v) is 8.73. The minimum absolute atomic E-state index is 0.0991. The van der Waals surface area contributed by atoms with Crippen molar-refractivity contribution in [2.75, 3.05) is 39.5 Å². The summed E-state index contributed by atoms with van der Waals surface area (Å²) in [4.78, 5) is 25.4. The Hall–Kier alpha value is -2.12. The highest BCUT2D eigenvalue weighted by molar-refractivity contribution is 5.77. The Morgan fingerprint density at radius 2 is 1.88 bits per heavy atom. The lowest BCUT2D eigenvalue weighted by Crippen LogP contribution is -2.36. The molecular formula is C18H27N3O4. The molecule has 1 fully saturated rings. The van der Waals surface area contributed by atoms with Gasteiger partial charge in [-0.15, -0.1) is 0 Å². The Kier molecular flexibility index (Phi) is 8.21. The number of benzene rings is 1. The lowest BCUT2D eigenvalue weighted by molar-refractivity contribution is -0.121. The van der Waals surface area contributed by atoms with E-state index in [-0.39, 0.29) is 18.9 Å². The number of amides is 2.